The van der Waals surface area contributed by atoms with Crippen LogP contribution in [0.25, 0.3) is 0 Å². The summed E-state index contributed by atoms with van der Waals surface area (Å²) in [4.78, 5) is 0. The van der Waals surface area contributed by atoms with Crippen molar-refractivity contribution in [2.24, 2.45) is 0 Å². The van der Waals surface area contributed by atoms with Crippen LogP contribution < -0.4 is 10.1 Å². The molecule has 3 heteroatoms. The quantitative estimate of drug-likeness (QED) is 0.820. The molecule has 2 unspecified atom stereocenters. The Hall–Kier alpha value is -1.06. The Balaban J connectivity index is 1.80. The molecule has 1 aromatic carbocycles. The van der Waals surface area contributed by atoms with Crippen molar-refractivity contribution in [3.05, 3.63) is 29.8 Å². The largest absolute Gasteiger partial charge is 0.497 e. The number of nitrogens with one attached hydrogen (secondary N) is 1. The summed E-state index contributed by atoms with van der Waals surface area (Å²) in [5.41, 5.74) is 1.21. The van der Waals surface area contributed by atoms with Crippen LogP contribution in [0.3, 0.4) is 0 Å². The average molecular weight is 263 g/mol. The third-order valence-corrected chi connectivity index (χ3v) is 3.73. The third-order valence-electron chi connectivity index (χ3n) is 3.73. The van der Waals surface area contributed by atoms with Crippen molar-refractivity contribution in [2.75, 3.05) is 13.7 Å². The van der Waals surface area contributed by atoms with Crippen molar-refractivity contribution in [2.45, 2.75) is 51.4 Å². The van der Waals surface area contributed by atoms with Gasteiger partial charge in [-0.05, 0) is 49.9 Å². The second-order valence-corrected chi connectivity index (χ2v) is 5.19. The normalized spacial score (nSPS) is 22.6. The lowest BCUT2D eigenvalue weighted by molar-refractivity contribution is 0.0280. The number of benzene rings is 1. The summed E-state index contributed by atoms with van der Waals surface area (Å²) in [5.74, 6) is 0.895. The SMILES string of the molecule is CCCNC1CCCC1OCc1ccc(OC)cc1. The molecular weight excluding hydrogens is 238 g/mol. The lowest BCUT2D eigenvalue weighted by Gasteiger charge is -2.21. The first-order valence-corrected chi connectivity index (χ1v) is 7.31. The van der Waals surface area contributed by atoms with E-state index in [1.54, 1.807) is 7.11 Å². The zero-order valence-electron chi connectivity index (χ0n) is 12.0. The molecule has 1 N–H and O–H groups in total. The molecule has 1 aliphatic rings. The molecule has 0 amide bonds. The predicted molar refractivity (Wildman–Crippen MR) is 77.5 cm³/mol. The molecule has 1 aromatic rings. The molecule has 0 radical (unpaired) electrons. The predicted octanol–water partition coefficient (Wildman–Crippen LogP) is 3.13. The summed E-state index contributed by atoms with van der Waals surface area (Å²) < 4.78 is 11.2. The zero-order valence-corrected chi connectivity index (χ0v) is 12.0. The molecule has 19 heavy (non-hydrogen) atoms. The number of hydrogen-bond acceptors (Lipinski definition) is 3. The maximum absolute atomic E-state index is 6.07. The zero-order chi connectivity index (χ0) is 13.5. The maximum Gasteiger partial charge on any atom is 0.118 e. The van der Waals surface area contributed by atoms with Crippen molar-refractivity contribution in [1.29, 1.82) is 0 Å². The smallest absolute Gasteiger partial charge is 0.118 e. The first-order valence-electron chi connectivity index (χ1n) is 7.31. The van der Waals surface area contributed by atoms with Gasteiger partial charge in [0.05, 0.1) is 19.8 Å². The Kier molecular flexibility index (Phi) is 5.67. The van der Waals surface area contributed by atoms with E-state index >= 15 is 0 Å². The van der Waals surface area contributed by atoms with Crippen LogP contribution in [0.15, 0.2) is 24.3 Å². The Morgan fingerprint density at radius 3 is 2.68 bits per heavy atom. The van der Waals surface area contributed by atoms with Crippen LogP contribution in [0, 0.1) is 0 Å². The maximum atomic E-state index is 6.07. The molecule has 2 rings (SSSR count). The van der Waals surface area contributed by atoms with Gasteiger partial charge in [0.2, 0.25) is 0 Å². The van der Waals surface area contributed by atoms with E-state index in [2.05, 4.69) is 24.4 Å². The van der Waals surface area contributed by atoms with Gasteiger partial charge in [0.1, 0.15) is 5.75 Å². The monoisotopic (exact) mass is 263 g/mol. The van der Waals surface area contributed by atoms with E-state index in [1.165, 1.54) is 31.2 Å². The molecule has 1 saturated carbocycles. The summed E-state index contributed by atoms with van der Waals surface area (Å²) in [5, 5.41) is 3.59. The Labute approximate surface area is 116 Å². The molecule has 0 aliphatic heterocycles. The van der Waals surface area contributed by atoms with E-state index in [-0.39, 0.29) is 0 Å². The fraction of sp³-hybridized carbons (Fsp3) is 0.625. The molecular formula is C16H25NO2. The van der Waals surface area contributed by atoms with Crippen LogP contribution in [-0.4, -0.2) is 25.8 Å². The number of rotatable bonds is 7. The summed E-state index contributed by atoms with van der Waals surface area (Å²) in [7, 11) is 1.69. The Bertz CT molecular complexity index is 364. The second-order valence-electron chi connectivity index (χ2n) is 5.19. The van der Waals surface area contributed by atoms with E-state index in [1.807, 2.05) is 12.1 Å². The van der Waals surface area contributed by atoms with Crippen LogP contribution in [0.4, 0.5) is 0 Å². The first kappa shape index (κ1) is 14.4. The number of ether oxygens (including phenoxy) is 2. The summed E-state index contributed by atoms with van der Waals surface area (Å²) >= 11 is 0. The second kappa shape index (κ2) is 7.51. The van der Waals surface area contributed by atoms with Gasteiger partial charge in [-0.2, -0.15) is 0 Å². The van der Waals surface area contributed by atoms with Crippen LogP contribution >= 0.6 is 0 Å². The topological polar surface area (TPSA) is 30.5 Å². The highest BCUT2D eigenvalue weighted by Gasteiger charge is 2.27. The Morgan fingerprint density at radius 2 is 2.00 bits per heavy atom. The molecule has 0 spiro atoms. The van der Waals surface area contributed by atoms with Gasteiger partial charge in [0.25, 0.3) is 0 Å². The van der Waals surface area contributed by atoms with E-state index in [4.69, 9.17) is 9.47 Å². The first-order chi connectivity index (χ1) is 9.33. The van der Waals surface area contributed by atoms with Crippen LogP contribution in [0.5, 0.6) is 5.75 Å². The van der Waals surface area contributed by atoms with Crippen molar-refractivity contribution < 1.29 is 9.47 Å². The lowest BCUT2D eigenvalue weighted by Crippen LogP contribution is -2.37. The van der Waals surface area contributed by atoms with Crippen molar-refractivity contribution in [1.82, 2.24) is 5.32 Å². The molecule has 2 atom stereocenters. The molecule has 106 valence electrons. The van der Waals surface area contributed by atoms with Gasteiger partial charge in [-0.25, -0.2) is 0 Å². The molecule has 1 aliphatic carbocycles. The van der Waals surface area contributed by atoms with Crippen LogP contribution in [0.2, 0.25) is 0 Å². The van der Waals surface area contributed by atoms with E-state index in [9.17, 15) is 0 Å². The molecule has 0 aromatic heterocycles. The summed E-state index contributed by atoms with van der Waals surface area (Å²) in [6.07, 6.45) is 5.25. The minimum atomic E-state index is 0.369. The van der Waals surface area contributed by atoms with Gasteiger partial charge in [0, 0.05) is 6.04 Å². The molecule has 1 fully saturated rings. The van der Waals surface area contributed by atoms with Crippen LogP contribution in [0.1, 0.15) is 38.2 Å². The standard InChI is InChI=1S/C16H25NO2/c1-3-11-17-15-5-4-6-16(15)19-12-13-7-9-14(18-2)10-8-13/h7-10,15-17H,3-6,11-12H2,1-2H3. The van der Waals surface area contributed by atoms with Gasteiger partial charge in [0.15, 0.2) is 0 Å². The molecule has 3 nitrogen and oxygen atoms in total. The Morgan fingerprint density at radius 1 is 1.21 bits per heavy atom. The van der Waals surface area contributed by atoms with Crippen molar-refractivity contribution in [3.63, 3.8) is 0 Å². The number of methoxy groups -OCH3 is 1. The summed E-state index contributed by atoms with van der Waals surface area (Å²) in [6.45, 7) is 3.99. The fourth-order valence-electron chi connectivity index (χ4n) is 2.61. The van der Waals surface area contributed by atoms with Gasteiger partial charge in [-0.15, -0.1) is 0 Å². The van der Waals surface area contributed by atoms with E-state index in [0.29, 0.717) is 18.8 Å². The van der Waals surface area contributed by atoms with Gasteiger partial charge < -0.3 is 14.8 Å². The van der Waals surface area contributed by atoms with Gasteiger partial charge in [-0.1, -0.05) is 19.1 Å². The lowest BCUT2D eigenvalue weighted by atomic mass is 10.2. The highest BCUT2D eigenvalue weighted by molar-refractivity contribution is 5.26. The van der Waals surface area contributed by atoms with Gasteiger partial charge >= 0.3 is 0 Å². The number of hydrogen-bond donors (Lipinski definition) is 1. The van der Waals surface area contributed by atoms with E-state index < -0.39 is 0 Å². The minimum Gasteiger partial charge on any atom is -0.497 e. The average Bonchev–Trinajstić information content (AvgIpc) is 2.91. The molecule has 0 bridgehead atoms. The minimum absolute atomic E-state index is 0.369. The summed E-state index contributed by atoms with van der Waals surface area (Å²) in [6, 6.07) is 8.66. The fourth-order valence-corrected chi connectivity index (χ4v) is 2.61. The molecule has 0 heterocycles. The van der Waals surface area contributed by atoms with Crippen LogP contribution in [-0.2, 0) is 11.3 Å². The third kappa shape index (κ3) is 4.22. The molecule has 0 saturated heterocycles. The highest BCUT2D eigenvalue weighted by Crippen LogP contribution is 2.23. The van der Waals surface area contributed by atoms with Gasteiger partial charge in [-0.3, -0.25) is 0 Å². The van der Waals surface area contributed by atoms with Crippen molar-refractivity contribution >= 4 is 0 Å². The van der Waals surface area contributed by atoms with Crippen molar-refractivity contribution in [3.8, 4) is 5.75 Å². The highest BCUT2D eigenvalue weighted by atomic mass is 16.5. The van der Waals surface area contributed by atoms with E-state index in [0.717, 1.165) is 12.3 Å².